The van der Waals surface area contributed by atoms with Gasteiger partial charge < -0.3 is 5.32 Å². The average molecular weight is 303 g/mol. The zero-order valence-electron chi connectivity index (χ0n) is 12.0. The van der Waals surface area contributed by atoms with Gasteiger partial charge in [0, 0.05) is 17.1 Å². The maximum absolute atomic E-state index is 12.9. The minimum atomic E-state index is -0.205. The van der Waals surface area contributed by atoms with Gasteiger partial charge in [-0.25, -0.2) is 14.4 Å². The second-order valence-electron chi connectivity index (χ2n) is 5.03. The number of nitrogens with one attached hydrogen (secondary N) is 1. The van der Waals surface area contributed by atoms with Crippen molar-refractivity contribution < 1.29 is 4.39 Å². The van der Waals surface area contributed by atoms with Crippen LogP contribution in [0.5, 0.6) is 0 Å². The highest BCUT2D eigenvalue weighted by Crippen LogP contribution is 2.23. The molecular formula is C16H18FN3S. The van der Waals surface area contributed by atoms with Crippen molar-refractivity contribution in [3.63, 3.8) is 0 Å². The highest BCUT2D eigenvalue weighted by molar-refractivity contribution is 7.98. The van der Waals surface area contributed by atoms with E-state index < -0.39 is 0 Å². The summed E-state index contributed by atoms with van der Waals surface area (Å²) in [4.78, 5) is 10.4. The third-order valence-electron chi connectivity index (χ3n) is 3.59. The molecule has 3 rings (SSSR count). The Hall–Kier alpha value is -1.46. The first kappa shape index (κ1) is 14.5. The van der Waals surface area contributed by atoms with E-state index in [2.05, 4.69) is 17.2 Å². The molecule has 0 unspecified atom stereocenters. The van der Waals surface area contributed by atoms with E-state index in [4.69, 9.17) is 4.98 Å². The van der Waals surface area contributed by atoms with Gasteiger partial charge in [0.15, 0.2) is 0 Å². The molecule has 0 radical (unpaired) electrons. The molecule has 1 aliphatic heterocycles. The van der Waals surface area contributed by atoms with Crippen LogP contribution >= 0.6 is 11.8 Å². The van der Waals surface area contributed by atoms with E-state index in [1.54, 1.807) is 23.9 Å². The van der Waals surface area contributed by atoms with E-state index in [0.29, 0.717) is 5.75 Å². The number of thioether (sulfide) groups is 1. The first-order valence-electron chi connectivity index (χ1n) is 7.23. The molecule has 0 saturated heterocycles. The van der Waals surface area contributed by atoms with E-state index >= 15 is 0 Å². The zero-order chi connectivity index (χ0) is 14.7. The third kappa shape index (κ3) is 3.41. The van der Waals surface area contributed by atoms with Gasteiger partial charge in [-0.1, -0.05) is 6.92 Å². The molecule has 2 aromatic rings. The normalized spacial score (nSPS) is 14.0. The number of aromatic nitrogens is 2. The van der Waals surface area contributed by atoms with Gasteiger partial charge in [0.25, 0.3) is 0 Å². The molecule has 1 N–H and O–H groups in total. The number of hydrogen-bond acceptors (Lipinski definition) is 4. The summed E-state index contributed by atoms with van der Waals surface area (Å²) in [5.41, 5.74) is 3.64. The second-order valence-corrected chi connectivity index (χ2v) is 6.08. The first-order chi connectivity index (χ1) is 10.3. The summed E-state index contributed by atoms with van der Waals surface area (Å²) in [5, 5.41) is 3.36. The highest BCUT2D eigenvalue weighted by atomic mass is 32.2. The Labute approximate surface area is 128 Å². The van der Waals surface area contributed by atoms with Crippen LogP contribution in [0, 0.1) is 5.82 Å². The van der Waals surface area contributed by atoms with Crippen LogP contribution in [-0.4, -0.2) is 16.5 Å². The third-order valence-corrected chi connectivity index (χ3v) is 4.59. The Morgan fingerprint density at radius 1 is 1.24 bits per heavy atom. The van der Waals surface area contributed by atoms with Crippen molar-refractivity contribution in [1.29, 1.82) is 0 Å². The average Bonchev–Trinajstić information content (AvgIpc) is 2.53. The summed E-state index contributed by atoms with van der Waals surface area (Å²) >= 11 is 1.64. The Morgan fingerprint density at radius 2 is 2.05 bits per heavy atom. The van der Waals surface area contributed by atoms with Gasteiger partial charge in [-0.05, 0) is 49.2 Å². The standard InChI is InChI=1S/C16H18FN3S/c1-2-14-13-7-8-18-9-15(13)20-16(19-14)10-21-12-5-3-11(17)4-6-12/h3-6,18H,2,7-10H2,1H3. The fourth-order valence-corrected chi connectivity index (χ4v) is 3.28. The second kappa shape index (κ2) is 6.54. The summed E-state index contributed by atoms with van der Waals surface area (Å²) in [6.07, 6.45) is 1.96. The maximum atomic E-state index is 12.9. The van der Waals surface area contributed by atoms with Gasteiger partial charge in [-0.15, -0.1) is 11.8 Å². The molecule has 1 aromatic carbocycles. The number of aryl methyl sites for hydroxylation is 1. The summed E-state index contributed by atoms with van der Waals surface area (Å²) in [6, 6.07) is 6.55. The van der Waals surface area contributed by atoms with Crippen molar-refractivity contribution in [1.82, 2.24) is 15.3 Å². The first-order valence-corrected chi connectivity index (χ1v) is 8.21. The molecule has 0 aliphatic carbocycles. The van der Waals surface area contributed by atoms with Crippen molar-refractivity contribution >= 4 is 11.8 Å². The Bertz CT molecular complexity index is 611. The lowest BCUT2D eigenvalue weighted by atomic mass is 10.0. The van der Waals surface area contributed by atoms with Gasteiger partial charge in [0.1, 0.15) is 11.6 Å². The SMILES string of the molecule is CCc1nc(CSc2ccc(F)cc2)nc2c1CCNC2. The minimum absolute atomic E-state index is 0.205. The van der Waals surface area contributed by atoms with E-state index in [1.807, 2.05) is 0 Å². The van der Waals surface area contributed by atoms with E-state index in [9.17, 15) is 4.39 Å². The molecule has 0 amide bonds. The zero-order valence-corrected chi connectivity index (χ0v) is 12.8. The molecule has 5 heteroatoms. The van der Waals surface area contributed by atoms with Crippen molar-refractivity contribution in [3.8, 4) is 0 Å². The van der Waals surface area contributed by atoms with Crippen LogP contribution in [0.2, 0.25) is 0 Å². The number of hydrogen-bond donors (Lipinski definition) is 1. The topological polar surface area (TPSA) is 37.8 Å². The maximum Gasteiger partial charge on any atom is 0.139 e. The number of nitrogens with zero attached hydrogens (tertiary/aromatic N) is 2. The summed E-state index contributed by atoms with van der Waals surface area (Å²) in [5.74, 6) is 1.37. The quantitative estimate of drug-likeness (QED) is 0.881. The number of benzene rings is 1. The van der Waals surface area contributed by atoms with Crippen LogP contribution in [0.3, 0.4) is 0 Å². The van der Waals surface area contributed by atoms with Gasteiger partial charge in [0.05, 0.1) is 11.4 Å². The lowest BCUT2D eigenvalue weighted by molar-refractivity contribution is 0.611. The van der Waals surface area contributed by atoms with Crippen LogP contribution in [0.25, 0.3) is 0 Å². The molecule has 1 aliphatic rings. The van der Waals surface area contributed by atoms with Crippen LogP contribution in [0.4, 0.5) is 4.39 Å². The monoisotopic (exact) mass is 303 g/mol. The molecular weight excluding hydrogens is 285 g/mol. The van der Waals surface area contributed by atoms with Crippen molar-refractivity contribution in [2.45, 2.75) is 37.0 Å². The largest absolute Gasteiger partial charge is 0.311 e. The molecule has 1 aromatic heterocycles. The Morgan fingerprint density at radius 3 is 2.81 bits per heavy atom. The highest BCUT2D eigenvalue weighted by Gasteiger charge is 2.16. The van der Waals surface area contributed by atoms with Gasteiger partial charge in [-0.2, -0.15) is 0 Å². The fraction of sp³-hybridized carbons (Fsp3) is 0.375. The van der Waals surface area contributed by atoms with E-state index in [0.717, 1.165) is 42.3 Å². The Kier molecular flexibility index (Phi) is 4.51. The van der Waals surface area contributed by atoms with Crippen molar-refractivity contribution in [2.24, 2.45) is 0 Å². The van der Waals surface area contributed by atoms with Crippen molar-refractivity contribution in [3.05, 3.63) is 52.9 Å². The molecule has 0 bridgehead atoms. The van der Waals surface area contributed by atoms with E-state index in [1.165, 1.54) is 23.4 Å². The van der Waals surface area contributed by atoms with Gasteiger partial charge in [-0.3, -0.25) is 0 Å². The molecule has 0 spiro atoms. The molecule has 3 nitrogen and oxygen atoms in total. The smallest absolute Gasteiger partial charge is 0.139 e. The molecule has 0 atom stereocenters. The van der Waals surface area contributed by atoms with Crippen LogP contribution < -0.4 is 5.32 Å². The number of rotatable bonds is 4. The lowest BCUT2D eigenvalue weighted by Crippen LogP contribution is -2.27. The minimum Gasteiger partial charge on any atom is -0.311 e. The summed E-state index contributed by atoms with van der Waals surface area (Å²) in [7, 11) is 0. The van der Waals surface area contributed by atoms with Crippen LogP contribution in [-0.2, 0) is 25.1 Å². The fourth-order valence-electron chi connectivity index (χ4n) is 2.53. The molecule has 110 valence electrons. The summed E-state index contributed by atoms with van der Waals surface area (Å²) < 4.78 is 12.9. The molecule has 0 saturated carbocycles. The van der Waals surface area contributed by atoms with E-state index in [-0.39, 0.29) is 5.82 Å². The summed E-state index contributed by atoms with van der Waals surface area (Å²) in [6.45, 7) is 3.98. The predicted molar refractivity (Wildman–Crippen MR) is 82.8 cm³/mol. The lowest BCUT2D eigenvalue weighted by Gasteiger charge is -2.19. The van der Waals surface area contributed by atoms with Gasteiger partial charge >= 0.3 is 0 Å². The van der Waals surface area contributed by atoms with Crippen LogP contribution in [0.1, 0.15) is 29.7 Å². The number of halogens is 1. The van der Waals surface area contributed by atoms with Gasteiger partial charge in [0.2, 0.25) is 0 Å². The van der Waals surface area contributed by atoms with Crippen molar-refractivity contribution in [2.75, 3.05) is 6.54 Å². The molecule has 2 heterocycles. The number of fused-ring (bicyclic) bond motifs is 1. The molecule has 0 fully saturated rings. The predicted octanol–water partition coefficient (Wildman–Crippen LogP) is 3.12. The van der Waals surface area contributed by atoms with Crippen LogP contribution in [0.15, 0.2) is 29.2 Å². The Balaban J connectivity index is 1.77. The molecule has 21 heavy (non-hydrogen) atoms.